The lowest BCUT2D eigenvalue weighted by Crippen LogP contribution is -2.34. The van der Waals surface area contributed by atoms with Crippen LogP contribution in [-0.2, 0) is 4.79 Å². The summed E-state index contributed by atoms with van der Waals surface area (Å²) in [6, 6.07) is 0. The van der Waals surface area contributed by atoms with Gasteiger partial charge in [-0.05, 0) is 92.9 Å². The van der Waals surface area contributed by atoms with E-state index in [1.807, 2.05) is 6.92 Å². The molecule has 188 valence electrons. The lowest BCUT2D eigenvalue weighted by atomic mass is 10.0. The first kappa shape index (κ1) is 31.1. The Balaban J connectivity index is 4.30. The van der Waals surface area contributed by atoms with Crippen LogP contribution in [0.4, 0.5) is 0 Å². The van der Waals surface area contributed by atoms with Crippen molar-refractivity contribution < 1.29 is 15.0 Å². The Kier molecular flexibility index (Phi) is 18.4. The Hall–Kier alpha value is -1.91. The fourth-order valence-corrected chi connectivity index (χ4v) is 3.48. The normalized spacial score (nSPS) is 13.3. The maximum Gasteiger partial charge on any atom is 0.246 e. The van der Waals surface area contributed by atoms with Gasteiger partial charge in [-0.25, -0.2) is 0 Å². The third-order valence-corrected chi connectivity index (χ3v) is 5.61. The van der Waals surface area contributed by atoms with Crippen molar-refractivity contribution in [1.29, 1.82) is 0 Å². The summed E-state index contributed by atoms with van der Waals surface area (Å²) in [6.45, 7) is 13.2. The van der Waals surface area contributed by atoms with Gasteiger partial charge >= 0.3 is 0 Å². The van der Waals surface area contributed by atoms with Crippen molar-refractivity contribution >= 4 is 5.91 Å². The molecule has 2 N–H and O–H groups in total. The molecule has 0 saturated carbocycles. The first-order valence-electron chi connectivity index (χ1n) is 12.5. The lowest BCUT2D eigenvalue weighted by molar-refractivity contribution is -0.127. The SMILES string of the molecule is CC(C)=CCCC(C)=CCCC(C)=CCCC(C)=CCCC(C)=CC(=O)N(CCO)CCO. The number of rotatable bonds is 17. The number of hydrogen-bond donors (Lipinski definition) is 2. The number of nitrogens with zero attached hydrogens (tertiary/aromatic N) is 1. The first-order valence-corrected chi connectivity index (χ1v) is 12.5. The lowest BCUT2D eigenvalue weighted by Gasteiger charge is -2.19. The highest BCUT2D eigenvalue weighted by Crippen LogP contribution is 2.15. The number of aliphatic hydroxyl groups excluding tert-OH is 2. The minimum absolute atomic E-state index is 0.0958. The Morgan fingerprint density at radius 2 is 0.970 bits per heavy atom. The summed E-state index contributed by atoms with van der Waals surface area (Å²) in [7, 11) is 0. The maximum atomic E-state index is 12.2. The summed E-state index contributed by atoms with van der Waals surface area (Å²) in [4.78, 5) is 13.7. The molecule has 0 aliphatic rings. The van der Waals surface area contributed by atoms with Gasteiger partial charge in [-0.2, -0.15) is 0 Å². The number of aliphatic hydroxyl groups is 2. The molecule has 4 nitrogen and oxygen atoms in total. The zero-order valence-corrected chi connectivity index (χ0v) is 22.1. The van der Waals surface area contributed by atoms with Gasteiger partial charge in [-0.3, -0.25) is 4.79 Å². The zero-order valence-electron chi connectivity index (χ0n) is 22.1. The summed E-state index contributed by atoms with van der Waals surface area (Å²) in [6.07, 6.45) is 19.4. The van der Waals surface area contributed by atoms with Gasteiger partial charge in [0.2, 0.25) is 5.91 Å². The summed E-state index contributed by atoms with van der Waals surface area (Å²) in [5, 5.41) is 18.1. The molecule has 0 rings (SSSR count). The average molecular weight is 460 g/mol. The van der Waals surface area contributed by atoms with Crippen molar-refractivity contribution in [2.75, 3.05) is 26.3 Å². The topological polar surface area (TPSA) is 60.8 Å². The third-order valence-electron chi connectivity index (χ3n) is 5.61. The van der Waals surface area contributed by atoms with Crippen molar-refractivity contribution in [2.45, 2.75) is 92.9 Å². The van der Waals surface area contributed by atoms with Crippen LogP contribution in [0.3, 0.4) is 0 Å². The molecule has 0 fully saturated rings. The standard InChI is InChI=1S/C29H49NO3/c1-24(2)11-7-12-25(3)13-8-14-26(4)15-9-16-27(5)17-10-18-28(6)23-29(33)30(19-21-31)20-22-32/h11,13,15,17,23,31-32H,7-10,12,14,16,18-22H2,1-6H3. The van der Waals surface area contributed by atoms with E-state index in [0.29, 0.717) is 0 Å². The van der Waals surface area contributed by atoms with Crippen molar-refractivity contribution in [3.63, 3.8) is 0 Å². The molecule has 0 atom stereocenters. The highest BCUT2D eigenvalue weighted by Gasteiger charge is 2.09. The van der Waals surface area contributed by atoms with Crippen LogP contribution in [0.15, 0.2) is 58.2 Å². The molecule has 0 saturated heterocycles. The quantitative estimate of drug-likeness (QED) is 0.189. The Bertz CT molecular complexity index is 700. The van der Waals surface area contributed by atoms with Crippen molar-refractivity contribution in [3.05, 3.63) is 58.2 Å². The van der Waals surface area contributed by atoms with E-state index < -0.39 is 0 Å². The summed E-state index contributed by atoms with van der Waals surface area (Å²) >= 11 is 0. The van der Waals surface area contributed by atoms with E-state index in [9.17, 15) is 4.79 Å². The van der Waals surface area contributed by atoms with Crippen LogP contribution in [0.2, 0.25) is 0 Å². The smallest absolute Gasteiger partial charge is 0.246 e. The fraction of sp³-hybridized carbons (Fsp3) is 0.621. The Morgan fingerprint density at radius 3 is 1.33 bits per heavy atom. The highest BCUT2D eigenvalue weighted by atomic mass is 16.3. The summed E-state index contributed by atoms with van der Waals surface area (Å²) in [5.41, 5.74) is 6.75. The van der Waals surface area contributed by atoms with E-state index in [0.717, 1.165) is 56.9 Å². The molecule has 0 spiro atoms. The van der Waals surface area contributed by atoms with Crippen LogP contribution in [0.5, 0.6) is 0 Å². The van der Waals surface area contributed by atoms with Gasteiger partial charge in [-0.15, -0.1) is 0 Å². The van der Waals surface area contributed by atoms with Crippen LogP contribution >= 0.6 is 0 Å². The molecule has 0 unspecified atom stereocenters. The number of carbonyl (C=O) groups excluding carboxylic acids is 1. The van der Waals surface area contributed by atoms with Gasteiger partial charge in [0.25, 0.3) is 0 Å². The van der Waals surface area contributed by atoms with Gasteiger partial charge in [0.1, 0.15) is 0 Å². The molecule has 4 heteroatoms. The second kappa shape index (κ2) is 19.5. The third kappa shape index (κ3) is 18.2. The molecule has 33 heavy (non-hydrogen) atoms. The van der Waals surface area contributed by atoms with E-state index in [4.69, 9.17) is 10.2 Å². The molecule has 0 bridgehead atoms. The molecule has 0 aromatic heterocycles. The number of allylic oxidation sites excluding steroid dienone is 9. The first-order chi connectivity index (χ1) is 15.7. The van der Waals surface area contributed by atoms with Crippen LogP contribution in [0.1, 0.15) is 92.9 Å². The van der Waals surface area contributed by atoms with Gasteiger partial charge in [0.05, 0.1) is 13.2 Å². The van der Waals surface area contributed by atoms with Gasteiger partial charge in [-0.1, -0.05) is 52.2 Å². The zero-order chi connectivity index (χ0) is 25.1. The predicted octanol–water partition coefficient (Wildman–Crippen LogP) is 6.67. The molecule has 1 amide bonds. The van der Waals surface area contributed by atoms with Crippen molar-refractivity contribution in [2.24, 2.45) is 0 Å². The van der Waals surface area contributed by atoms with Crippen molar-refractivity contribution in [1.82, 2.24) is 4.90 Å². The van der Waals surface area contributed by atoms with E-state index in [2.05, 4.69) is 58.9 Å². The predicted molar refractivity (Wildman–Crippen MR) is 142 cm³/mol. The number of carbonyl (C=O) groups is 1. The molecule has 0 radical (unpaired) electrons. The molecule has 0 aromatic rings. The molecule has 0 heterocycles. The van der Waals surface area contributed by atoms with Crippen molar-refractivity contribution in [3.8, 4) is 0 Å². The number of hydrogen-bond acceptors (Lipinski definition) is 3. The molecular formula is C29H49NO3. The maximum absolute atomic E-state index is 12.2. The van der Waals surface area contributed by atoms with E-state index in [1.54, 1.807) is 6.08 Å². The number of amides is 1. The summed E-state index contributed by atoms with van der Waals surface area (Å²) in [5.74, 6) is -0.144. The van der Waals surface area contributed by atoms with E-state index in [-0.39, 0.29) is 32.2 Å². The fourth-order valence-electron chi connectivity index (χ4n) is 3.48. The van der Waals surface area contributed by atoms with Crippen LogP contribution in [0.25, 0.3) is 0 Å². The minimum atomic E-state index is -0.144. The second-order valence-electron chi connectivity index (χ2n) is 9.35. The van der Waals surface area contributed by atoms with E-state index >= 15 is 0 Å². The average Bonchev–Trinajstić information content (AvgIpc) is 2.73. The van der Waals surface area contributed by atoms with Crippen LogP contribution in [0, 0.1) is 0 Å². The van der Waals surface area contributed by atoms with Gasteiger partial charge in [0, 0.05) is 19.2 Å². The van der Waals surface area contributed by atoms with Crippen LogP contribution in [-0.4, -0.2) is 47.3 Å². The minimum Gasteiger partial charge on any atom is -0.395 e. The van der Waals surface area contributed by atoms with Crippen LogP contribution < -0.4 is 0 Å². The Labute approximate surface area is 203 Å². The molecular weight excluding hydrogens is 410 g/mol. The van der Waals surface area contributed by atoms with Gasteiger partial charge in [0.15, 0.2) is 0 Å². The Morgan fingerprint density at radius 1 is 0.606 bits per heavy atom. The monoisotopic (exact) mass is 459 g/mol. The van der Waals surface area contributed by atoms with E-state index in [1.165, 1.54) is 27.2 Å². The largest absolute Gasteiger partial charge is 0.395 e. The molecule has 0 aromatic carbocycles. The highest BCUT2D eigenvalue weighted by molar-refractivity contribution is 5.88. The molecule has 0 aliphatic heterocycles. The summed E-state index contributed by atoms with van der Waals surface area (Å²) < 4.78 is 0. The second-order valence-corrected chi connectivity index (χ2v) is 9.35. The molecule has 0 aliphatic carbocycles. The van der Waals surface area contributed by atoms with Gasteiger partial charge < -0.3 is 15.1 Å².